The molecule has 154 valence electrons. The van der Waals surface area contributed by atoms with Gasteiger partial charge in [-0.05, 0) is 50.2 Å². The molecule has 0 radical (unpaired) electrons. The Balaban J connectivity index is 1.21. The number of hydrogen-bond donors (Lipinski definition) is 0. The standard InChI is InChI=1S/C23H30N4O2/c28-21(11-8-16-5-2-1-3-6-16)27-19-9-10-20(27)14-18(13-19)23-25-22(26-29-23)17-7-4-12-24-15-17/h4,7,12,15-16,18-20H,1-3,5-6,8-11,13-14H2/t18?,19-,20+. The highest BCUT2D eigenvalue weighted by molar-refractivity contribution is 5.77. The average molecular weight is 395 g/mol. The van der Waals surface area contributed by atoms with Crippen molar-refractivity contribution in [3.63, 3.8) is 0 Å². The number of amides is 1. The molecule has 1 saturated carbocycles. The zero-order chi connectivity index (χ0) is 19.6. The van der Waals surface area contributed by atoms with E-state index in [4.69, 9.17) is 4.52 Å². The van der Waals surface area contributed by atoms with Crippen molar-refractivity contribution in [3.8, 4) is 11.4 Å². The number of hydrogen-bond acceptors (Lipinski definition) is 5. The van der Waals surface area contributed by atoms with E-state index >= 15 is 0 Å². The summed E-state index contributed by atoms with van der Waals surface area (Å²) in [5.41, 5.74) is 0.876. The molecule has 6 nitrogen and oxygen atoms in total. The Hall–Kier alpha value is -2.24. The molecule has 0 N–H and O–H groups in total. The Kier molecular flexibility index (Phi) is 5.34. The van der Waals surface area contributed by atoms with Crippen LogP contribution in [0.2, 0.25) is 0 Å². The van der Waals surface area contributed by atoms with E-state index < -0.39 is 0 Å². The molecule has 3 fully saturated rings. The van der Waals surface area contributed by atoms with Gasteiger partial charge >= 0.3 is 0 Å². The lowest BCUT2D eigenvalue weighted by atomic mass is 9.85. The van der Waals surface area contributed by atoms with Gasteiger partial charge in [0.15, 0.2) is 0 Å². The molecule has 3 atom stereocenters. The minimum absolute atomic E-state index is 0.257. The summed E-state index contributed by atoms with van der Waals surface area (Å²) in [7, 11) is 0. The Morgan fingerprint density at radius 3 is 2.62 bits per heavy atom. The van der Waals surface area contributed by atoms with Gasteiger partial charge in [0, 0.05) is 42.4 Å². The molecule has 4 heterocycles. The van der Waals surface area contributed by atoms with E-state index in [9.17, 15) is 4.79 Å². The maximum atomic E-state index is 13.0. The molecule has 1 amide bonds. The quantitative estimate of drug-likeness (QED) is 0.733. The Bertz CT molecular complexity index is 816. The normalized spacial score (nSPS) is 27.3. The van der Waals surface area contributed by atoms with Crippen molar-refractivity contribution >= 4 is 5.91 Å². The molecule has 2 saturated heterocycles. The summed E-state index contributed by atoms with van der Waals surface area (Å²) in [6.45, 7) is 0. The molecule has 3 aliphatic rings. The third-order valence-electron chi connectivity index (χ3n) is 7.22. The lowest BCUT2D eigenvalue weighted by Crippen LogP contribution is -2.46. The van der Waals surface area contributed by atoms with Gasteiger partial charge < -0.3 is 9.42 Å². The number of carbonyl (C=O) groups excluding carboxylic acids is 1. The number of fused-ring (bicyclic) bond motifs is 2. The Morgan fingerprint density at radius 1 is 1.10 bits per heavy atom. The van der Waals surface area contributed by atoms with Gasteiger partial charge in [-0.15, -0.1) is 0 Å². The molecule has 2 aromatic rings. The van der Waals surface area contributed by atoms with Crippen molar-refractivity contribution < 1.29 is 9.32 Å². The second kappa shape index (κ2) is 8.25. The van der Waals surface area contributed by atoms with Crippen molar-refractivity contribution in [2.24, 2.45) is 5.92 Å². The van der Waals surface area contributed by atoms with E-state index in [0.29, 0.717) is 23.8 Å². The molecule has 5 rings (SSSR count). The van der Waals surface area contributed by atoms with Crippen LogP contribution >= 0.6 is 0 Å². The Morgan fingerprint density at radius 2 is 1.90 bits per heavy atom. The maximum Gasteiger partial charge on any atom is 0.230 e. The number of nitrogens with zero attached hydrogens (tertiary/aromatic N) is 4. The van der Waals surface area contributed by atoms with Crippen LogP contribution in [0, 0.1) is 5.92 Å². The van der Waals surface area contributed by atoms with Crippen LogP contribution in [0.5, 0.6) is 0 Å². The second-order valence-corrected chi connectivity index (χ2v) is 9.09. The first kappa shape index (κ1) is 18.8. The summed E-state index contributed by atoms with van der Waals surface area (Å²) in [6.07, 6.45) is 16.1. The topological polar surface area (TPSA) is 72.1 Å². The summed E-state index contributed by atoms with van der Waals surface area (Å²) in [4.78, 5) is 24.0. The van der Waals surface area contributed by atoms with Gasteiger partial charge in [-0.3, -0.25) is 9.78 Å². The number of pyridine rings is 1. The van der Waals surface area contributed by atoms with Gasteiger partial charge in [-0.25, -0.2) is 0 Å². The van der Waals surface area contributed by atoms with Crippen molar-refractivity contribution in [3.05, 3.63) is 30.4 Å². The van der Waals surface area contributed by atoms with E-state index in [-0.39, 0.29) is 5.92 Å². The molecule has 6 heteroatoms. The number of carbonyl (C=O) groups is 1. The van der Waals surface area contributed by atoms with E-state index in [1.807, 2.05) is 12.1 Å². The summed E-state index contributed by atoms with van der Waals surface area (Å²) in [6, 6.07) is 4.50. The molecular weight excluding hydrogens is 364 g/mol. The van der Waals surface area contributed by atoms with Gasteiger partial charge in [0.2, 0.25) is 17.6 Å². The smallest absolute Gasteiger partial charge is 0.230 e. The lowest BCUT2D eigenvalue weighted by Gasteiger charge is -2.38. The number of rotatable bonds is 5. The fourth-order valence-electron chi connectivity index (χ4n) is 5.73. The van der Waals surface area contributed by atoms with Crippen LogP contribution in [0.25, 0.3) is 11.4 Å². The molecular formula is C23H30N4O2. The van der Waals surface area contributed by atoms with Crippen LogP contribution in [0.4, 0.5) is 0 Å². The van der Waals surface area contributed by atoms with Gasteiger partial charge in [0.05, 0.1) is 0 Å². The third-order valence-corrected chi connectivity index (χ3v) is 7.22. The molecule has 0 spiro atoms. The molecule has 29 heavy (non-hydrogen) atoms. The van der Waals surface area contributed by atoms with E-state index in [2.05, 4.69) is 20.0 Å². The summed E-state index contributed by atoms with van der Waals surface area (Å²) >= 11 is 0. The van der Waals surface area contributed by atoms with Crippen molar-refractivity contribution in [1.82, 2.24) is 20.0 Å². The van der Waals surface area contributed by atoms with Crippen LogP contribution < -0.4 is 0 Å². The van der Waals surface area contributed by atoms with Gasteiger partial charge in [-0.1, -0.05) is 37.3 Å². The first-order chi connectivity index (χ1) is 14.3. The molecule has 1 unspecified atom stereocenters. The molecule has 0 aromatic carbocycles. The SMILES string of the molecule is O=C(CCC1CCCCC1)N1[C@@H]2CC[C@H]1CC(c1nc(-c3cccnc3)no1)C2. The van der Waals surface area contributed by atoms with Gasteiger partial charge in [-0.2, -0.15) is 4.98 Å². The van der Waals surface area contributed by atoms with Gasteiger partial charge in [0.25, 0.3) is 0 Å². The summed E-state index contributed by atoms with van der Waals surface area (Å²) < 4.78 is 5.61. The zero-order valence-electron chi connectivity index (χ0n) is 17.0. The van der Waals surface area contributed by atoms with E-state index in [1.165, 1.54) is 32.1 Å². The van der Waals surface area contributed by atoms with Crippen LogP contribution in [-0.4, -0.2) is 38.0 Å². The monoisotopic (exact) mass is 394 g/mol. The molecule has 1 aliphatic carbocycles. The van der Waals surface area contributed by atoms with Crippen LogP contribution in [0.15, 0.2) is 29.0 Å². The molecule has 2 aliphatic heterocycles. The lowest BCUT2D eigenvalue weighted by molar-refractivity contribution is -0.136. The largest absolute Gasteiger partial charge is 0.339 e. The highest BCUT2D eigenvalue weighted by Gasteiger charge is 2.44. The first-order valence-corrected chi connectivity index (χ1v) is 11.3. The van der Waals surface area contributed by atoms with Crippen molar-refractivity contribution in [1.29, 1.82) is 0 Å². The van der Waals surface area contributed by atoms with Crippen LogP contribution in [0.1, 0.15) is 82.4 Å². The molecule has 2 bridgehead atoms. The fraction of sp³-hybridized carbons (Fsp3) is 0.652. The Labute approximate surface area is 172 Å². The predicted octanol–water partition coefficient (Wildman–Crippen LogP) is 4.73. The maximum absolute atomic E-state index is 13.0. The van der Waals surface area contributed by atoms with E-state index in [1.54, 1.807) is 12.4 Å². The van der Waals surface area contributed by atoms with Gasteiger partial charge in [0.1, 0.15) is 0 Å². The highest BCUT2D eigenvalue weighted by atomic mass is 16.5. The zero-order valence-corrected chi connectivity index (χ0v) is 17.0. The summed E-state index contributed by atoms with van der Waals surface area (Å²) in [5, 5.41) is 4.16. The average Bonchev–Trinajstić information content (AvgIpc) is 3.36. The van der Waals surface area contributed by atoms with Crippen molar-refractivity contribution in [2.45, 2.75) is 88.6 Å². The fourth-order valence-corrected chi connectivity index (χ4v) is 5.73. The highest BCUT2D eigenvalue weighted by Crippen LogP contribution is 2.43. The van der Waals surface area contributed by atoms with Crippen LogP contribution in [-0.2, 0) is 4.79 Å². The number of piperidine rings is 1. The van der Waals surface area contributed by atoms with E-state index in [0.717, 1.165) is 55.9 Å². The first-order valence-electron chi connectivity index (χ1n) is 11.3. The number of aromatic nitrogens is 3. The second-order valence-electron chi connectivity index (χ2n) is 9.09. The minimum atomic E-state index is 0.257. The predicted molar refractivity (Wildman–Crippen MR) is 109 cm³/mol. The van der Waals surface area contributed by atoms with Crippen molar-refractivity contribution in [2.75, 3.05) is 0 Å². The van der Waals surface area contributed by atoms with Crippen LogP contribution in [0.3, 0.4) is 0 Å². The molecule has 2 aromatic heterocycles. The summed E-state index contributed by atoms with van der Waals surface area (Å²) in [5.74, 6) is 2.73. The third kappa shape index (κ3) is 3.94. The minimum Gasteiger partial charge on any atom is -0.339 e.